The zero-order valence-corrected chi connectivity index (χ0v) is 11.9. The van der Waals surface area contributed by atoms with Crippen LogP contribution in [0.1, 0.15) is 5.56 Å². The van der Waals surface area contributed by atoms with E-state index in [4.69, 9.17) is 11.0 Å². The van der Waals surface area contributed by atoms with Crippen LogP contribution in [0.3, 0.4) is 0 Å². The quantitative estimate of drug-likeness (QED) is 0.676. The molecule has 0 aliphatic carbocycles. The van der Waals surface area contributed by atoms with Crippen LogP contribution in [0.15, 0.2) is 36.5 Å². The molecular weight excluding hydrogens is 353 g/mol. The van der Waals surface area contributed by atoms with Gasteiger partial charge in [-0.05, 0) is 22.6 Å². The molecule has 2 heterocycles. The van der Waals surface area contributed by atoms with Crippen LogP contribution in [-0.4, -0.2) is 14.6 Å². The summed E-state index contributed by atoms with van der Waals surface area (Å²) in [5.41, 5.74) is 8.72. The molecule has 0 unspecified atom stereocenters. The Morgan fingerprint density at radius 1 is 1.26 bits per heavy atom. The lowest BCUT2D eigenvalue weighted by Crippen LogP contribution is -2.03. The number of hydrogen-bond acceptors (Lipinski definition) is 4. The molecule has 1 aromatic carbocycles. The van der Waals surface area contributed by atoms with Crippen molar-refractivity contribution >= 4 is 34.1 Å². The van der Waals surface area contributed by atoms with Gasteiger partial charge in [0.2, 0.25) is 0 Å². The second-order valence-corrected chi connectivity index (χ2v) is 5.01. The van der Waals surface area contributed by atoms with E-state index in [-0.39, 0.29) is 0 Å². The van der Waals surface area contributed by atoms with Crippen LogP contribution < -0.4 is 5.73 Å². The number of benzene rings is 1. The molecule has 0 saturated carbocycles. The van der Waals surface area contributed by atoms with E-state index in [1.54, 1.807) is 0 Å². The number of nitriles is 1. The molecule has 92 valence electrons. The van der Waals surface area contributed by atoms with Crippen molar-refractivity contribution in [1.82, 2.24) is 14.6 Å². The number of rotatable bonds is 1. The number of anilines is 1. The zero-order valence-electron chi connectivity index (χ0n) is 9.71. The van der Waals surface area contributed by atoms with Gasteiger partial charge in [0.15, 0.2) is 5.65 Å². The molecule has 6 heteroatoms. The summed E-state index contributed by atoms with van der Waals surface area (Å²) in [6.45, 7) is 0. The molecule has 0 amide bonds. The van der Waals surface area contributed by atoms with Crippen LogP contribution in [0.4, 0.5) is 5.82 Å². The zero-order chi connectivity index (χ0) is 13.4. The minimum Gasteiger partial charge on any atom is -0.382 e. The van der Waals surface area contributed by atoms with Gasteiger partial charge in [-0.2, -0.15) is 14.9 Å². The van der Waals surface area contributed by atoms with Gasteiger partial charge < -0.3 is 5.73 Å². The highest BCUT2D eigenvalue weighted by Crippen LogP contribution is 2.28. The highest BCUT2D eigenvalue weighted by Gasteiger charge is 2.16. The number of hydrogen-bond donors (Lipinski definition) is 1. The predicted octanol–water partition coefficient (Wildman–Crippen LogP) is 2.45. The Labute approximate surface area is 122 Å². The largest absolute Gasteiger partial charge is 0.382 e. The van der Waals surface area contributed by atoms with Crippen molar-refractivity contribution in [3.63, 3.8) is 0 Å². The highest BCUT2D eigenvalue weighted by molar-refractivity contribution is 14.1. The number of nitrogens with zero attached hydrogens (tertiary/aromatic N) is 4. The molecule has 0 spiro atoms. The summed E-state index contributed by atoms with van der Waals surface area (Å²) in [6.07, 6.45) is 1.48. The van der Waals surface area contributed by atoms with Crippen LogP contribution in [0.25, 0.3) is 16.9 Å². The molecule has 0 atom stereocenters. The van der Waals surface area contributed by atoms with Gasteiger partial charge in [0.05, 0.1) is 9.77 Å². The first-order valence-electron chi connectivity index (χ1n) is 5.50. The smallest absolute Gasteiger partial charge is 0.171 e. The molecule has 0 fully saturated rings. The first-order chi connectivity index (χ1) is 9.22. The Morgan fingerprint density at radius 2 is 2.00 bits per heavy atom. The van der Waals surface area contributed by atoms with Crippen molar-refractivity contribution in [2.45, 2.75) is 0 Å². The molecule has 19 heavy (non-hydrogen) atoms. The van der Waals surface area contributed by atoms with E-state index in [0.717, 1.165) is 14.8 Å². The maximum Gasteiger partial charge on any atom is 0.171 e. The number of halogens is 1. The van der Waals surface area contributed by atoms with Crippen LogP contribution in [0.5, 0.6) is 0 Å². The van der Waals surface area contributed by atoms with E-state index >= 15 is 0 Å². The first kappa shape index (κ1) is 11.9. The van der Waals surface area contributed by atoms with Gasteiger partial charge in [0.25, 0.3) is 0 Å². The van der Waals surface area contributed by atoms with Crippen molar-refractivity contribution in [2.75, 3.05) is 5.73 Å². The van der Waals surface area contributed by atoms with Gasteiger partial charge in [0.1, 0.15) is 23.1 Å². The third-order valence-corrected chi connectivity index (χ3v) is 3.79. The summed E-state index contributed by atoms with van der Waals surface area (Å²) in [4.78, 5) is 4.25. The predicted molar refractivity (Wildman–Crippen MR) is 80.3 cm³/mol. The van der Waals surface area contributed by atoms with Gasteiger partial charge in [0, 0.05) is 5.56 Å². The van der Waals surface area contributed by atoms with Crippen molar-refractivity contribution < 1.29 is 0 Å². The molecule has 5 nitrogen and oxygen atoms in total. The van der Waals surface area contributed by atoms with Crippen molar-refractivity contribution in [2.24, 2.45) is 0 Å². The van der Waals surface area contributed by atoms with Gasteiger partial charge >= 0.3 is 0 Å². The van der Waals surface area contributed by atoms with Crippen LogP contribution in [-0.2, 0) is 0 Å². The summed E-state index contributed by atoms with van der Waals surface area (Å²) in [7, 11) is 0. The second kappa shape index (κ2) is 4.51. The van der Waals surface area contributed by atoms with Crippen molar-refractivity contribution in [3.8, 4) is 17.3 Å². The first-order valence-corrected chi connectivity index (χ1v) is 6.58. The van der Waals surface area contributed by atoms with E-state index in [2.05, 4.69) is 32.7 Å². The van der Waals surface area contributed by atoms with Gasteiger partial charge in [-0.15, -0.1) is 0 Å². The fourth-order valence-corrected chi connectivity index (χ4v) is 2.63. The fraction of sp³-hybridized carbons (Fsp3) is 0. The Kier molecular flexibility index (Phi) is 2.83. The number of nitrogen functional groups attached to an aromatic ring is 1. The van der Waals surface area contributed by atoms with E-state index in [9.17, 15) is 0 Å². The summed E-state index contributed by atoms with van der Waals surface area (Å²) >= 11 is 2.19. The molecule has 0 aliphatic rings. The Bertz CT molecular complexity index is 801. The normalized spacial score (nSPS) is 10.5. The highest BCUT2D eigenvalue weighted by atomic mass is 127. The third-order valence-electron chi connectivity index (χ3n) is 2.79. The summed E-state index contributed by atoms with van der Waals surface area (Å²) in [5, 5.41) is 13.4. The molecule has 0 radical (unpaired) electrons. The van der Waals surface area contributed by atoms with Crippen LogP contribution >= 0.6 is 22.6 Å². The number of nitrogens with two attached hydrogens (primary N) is 1. The fourth-order valence-electron chi connectivity index (χ4n) is 1.84. The molecule has 2 aromatic heterocycles. The summed E-state index contributed by atoms with van der Waals surface area (Å²) in [6, 6.07) is 11.8. The second-order valence-electron chi connectivity index (χ2n) is 3.93. The van der Waals surface area contributed by atoms with E-state index in [1.165, 1.54) is 10.7 Å². The van der Waals surface area contributed by atoms with E-state index in [1.807, 2.05) is 36.4 Å². The lowest BCUT2D eigenvalue weighted by atomic mass is 10.2. The molecule has 0 saturated heterocycles. The van der Waals surface area contributed by atoms with Crippen LogP contribution in [0.2, 0.25) is 0 Å². The minimum atomic E-state index is 0.313. The standard InChI is InChI=1S/C13H8IN5/c14-10-11(8-4-2-1-3-5-8)18-19-12(16)9(6-15)7-17-13(10)19/h1-5,7H,16H2. The molecule has 3 rings (SSSR count). The van der Waals surface area contributed by atoms with Gasteiger partial charge in [-0.1, -0.05) is 30.3 Å². The summed E-state index contributed by atoms with van der Waals surface area (Å²) < 4.78 is 2.43. The number of aromatic nitrogens is 3. The molecule has 2 N–H and O–H groups in total. The molecular formula is C13H8IN5. The Hall–Kier alpha value is -2.14. The minimum absolute atomic E-state index is 0.313. The third kappa shape index (κ3) is 1.82. The molecule has 0 aliphatic heterocycles. The van der Waals surface area contributed by atoms with Crippen molar-refractivity contribution in [3.05, 3.63) is 45.7 Å². The topological polar surface area (TPSA) is 80.0 Å². The molecule has 0 bridgehead atoms. The Balaban J connectivity index is 2.33. The van der Waals surface area contributed by atoms with Crippen molar-refractivity contribution in [1.29, 1.82) is 5.26 Å². The maximum atomic E-state index is 8.96. The molecule has 3 aromatic rings. The van der Waals surface area contributed by atoms with Gasteiger partial charge in [-0.25, -0.2) is 4.98 Å². The van der Waals surface area contributed by atoms with Gasteiger partial charge in [-0.3, -0.25) is 0 Å². The van der Waals surface area contributed by atoms with Crippen LogP contribution in [0, 0.1) is 14.9 Å². The Morgan fingerprint density at radius 3 is 2.68 bits per heavy atom. The summed E-state index contributed by atoms with van der Waals surface area (Å²) in [5.74, 6) is 0.313. The lowest BCUT2D eigenvalue weighted by Gasteiger charge is -1.99. The SMILES string of the molecule is N#Cc1cnc2c(I)c(-c3ccccc3)nn2c1N. The average Bonchev–Trinajstić information content (AvgIpc) is 2.79. The lowest BCUT2D eigenvalue weighted by molar-refractivity contribution is 0.952. The number of fused-ring (bicyclic) bond motifs is 1. The monoisotopic (exact) mass is 361 g/mol. The van der Waals surface area contributed by atoms with E-state index in [0.29, 0.717) is 17.0 Å². The van der Waals surface area contributed by atoms with E-state index < -0.39 is 0 Å². The average molecular weight is 361 g/mol. The maximum absolute atomic E-state index is 8.96.